The van der Waals surface area contributed by atoms with Crippen LogP contribution in [-0.2, 0) is 69.6 Å². The van der Waals surface area contributed by atoms with Gasteiger partial charge in [-0.25, -0.2) is 0 Å². The van der Waals surface area contributed by atoms with Gasteiger partial charge in [-0.3, -0.25) is 0 Å². The molecular weight excluding hydrogens is 668 g/mol. The summed E-state index contributed by atoms with van der Waals surface area (Å²) in [6.07, 6.45) is 24.3. The first-order valence-corrected chi connectivity index (χ1v) is 16.8. The maximum absolute atomic E-state index is 11.8. The summed E-state index contributed by atoms with van der Waals surface area (Å²) in [6, 6.07) is 11.0. The minimum absolute atomic E-state index is 0.0127. The molecule has 3 aromatic rings. The Balaban J connectivity index is 2.11. The molecule has 0 saturated carbocycles. The van der Waals surface area contributed by atoms with Crippen molar-refractivity contribution in [3.63, 3.8) is 0 Å². The lowest BCUT2D eigenvalue weighted by molar-refractivity contribution is 0.227. The van der Waals surface area contributed by atoms with Crippen LogP contribution < -0.4 is 0 Å². The fraction of sp³-hybridized carbons (Fsp3) is 0.156. The number of benzene rings is 3. The number of allylic oxidation sites excluding steroid dienone is 10. The molecular formula is C45H48O8. The van der Waals surface area contributed by atoms with Crippen LogP contribution in [0.4, 0.5) is 0 Å². The third kappa shape index (κ3) is 13.6. The van der Waals surface area contributed by atoms with Gasteiger partial charge in [-0.15, -0.1) is 0 Å². The summed E-state index contributed by atoms with van der Waals surface area (Å²) < 4.78 is 28.3. The summed E-state index contributed by atoms with van der Waals surface area (Å²) in [5, 5.41) is 34.6. The summed E-state index contributed by atoms with van der Waals surface area (Å²) >= 11 is 0. The Labute approximate surface area is 312 Å². The van der Waals surface area contributed by atoms with Gasteiger partial charge in [-0.05, 0) is 106 Å². The average Bonchev–Trinajstić information content (AvgIpc) is 3.15. The van der Waals surface area contributed by atoms with E-state index in [-0.39, 0.29) is 63.1 Å². The molecule has 0 spiro atoms. The predicted octanol–water partition coefficient (Wildman–Crippen LogP) is 10.1. The largest absolute Gasteiger partial charge is 0.507 e. The number of ether oxygens (including phenoxy) is 5. The third-order valence-electron chi connectivity index (χ3n) is 7.53. The molecule has 0 fully saturated rings. The minimum atomic E-state index is 0.0127. The highest BCUT2D eigenvalue weighted by atomic mass is 16.5. The van der Waals surface area contributed by atoms with Gasteiger partial charge in [0.1, 0.15) is 50.3 Å². The standard InChI is InChI=1S/C45H48O8/c1-6-11-16-49-29-34-21-37(27-39-23-35(30-50-17-12-7-2)25-41(44(39)47)32-52-19-14-9-4)43(46)38(22-34)28-40-24-36(31-51-18-13-8-3)26-42(45(40)48)33-53-20-15-10-5/h6-26,46-48H,1-5,27-33H2. The van der Waals surface area contributed by atoms with Crippen molar-refractivity contribution in [1.29, 1.82) is 0 Å². The second-order valence-corrected chi connectivity index (χ2v) is 11.5. The first kappa shape index (κ1) is 40.9. The van der Waals surface area contributed by atoms with Gasteiger partial charge in [0.15, 0.2) is 0 Å². The van der Waals surface area contributed by atoms with Crippen molar-refractivity contribution in [3.05, 3.63) is 211 Å². The highest BCUT2D eigenvalue weighted by Gasteiger charge is 2.19. The van der Waals surface area contributed by atoms with Crippen LogP contribution in [0.5, 0.6) is 17.2 Å². The molecule has 0 aliphatic heterocycles. The first-order valence-electron chi connectivity index (χ1n) is 16.8. The van der Waals surface area contributed by atoms with Crippen LogP contribution in [0.25, 0.3) is 0 Å². The maximum atomic E-state index is 11.8. The van der Waals surface area contributed by atoms with Crippen molar-refractivity contribution in [2.45, 2.75) is 45.9 Å². The van der Waals surface area contributed by atoms with Crippen molar-refractivity contribution in [1.82, 2.24) is 0 Å². The van der Waals surface area contributed by atoms with Crippen LogP contribution in [0.3, 0.4) is 0 Å². The van der Waals surface area contributed by atoms with E-state index < -0.39 is 0 Å². The van der Waals surface area contributed by atoms with E-state index in [0.717, 1.165) is 16.7 Å². The SMILES string of the molecule is C=CC=COCc1cc(COC=CC=C)c(O)c(Cc2cc(COC=CC=C)cc(Cc3cc(COC=CC=C)cc(COC=CC=C)c3O)c2O)c1. The van der Waals surface area contributed by atoms with Gasteiger partial charge in [0.05, 0.1) is 31.3 Å². The fourth-order valence-electron chi connectivity index (χ4n) is 5.18. The number of hydrogen-bond donors (Lipinski definition) is 3. The van der Waals surface area contributed by atoms with E-state index in [1.807, 2.05) is 36.4 Å². The number of rotatable bonds is 24. The molecule has 0 atom stereocenters. The number of phenolic OH excluding ortho intramolecular Hbond substituents is 3. The molecule has 0 radical (unpaired) electrons. The van der Waals surface area contributed by atoms with Gasteiger partial charge >= 0.3 is 0 Å². The average molecular weight is 717 g/mol. The molecule has 8 heteroatoms. The second-order valence-electron chi connectivity index (χ2n) is 11.5. The van der Waals surface area contributed by atoms with Crippen molar-refractivity contribution >= 4 is 0 Å². The Kier molecular flexibility index (Phi) is 17.8. The molecule has 0 aliphatic rings. The molecule has 8 nitrogen and oxygen atoms in total. The zero-order valence-corrected chi connectivity index (χ0v) is 30.0. The molecule has 0 amide bonds. The van der Waals surface area contributed by atoms with E-state index in [4.69, 9.17) is 23.7 Å². The summed E-state index contributed by atoms with van der Waals surface area (Å²) in [5.74, 6) is 0.0774. The zero-order valence-electron chi connectivity index (χ0n) is 30.0. The monoisotopic (exact) mass is 716 g/mol. The van der Waals surface area contributed by atoms with E-state index in [0.29, 0.717) is 33.4 Å². The molecule has 276 valence electrons. The quantitative estimate of drug-likeness (QED) is 0.0621. The Morgan fingerprint density at radius 1 is 0.358 bits per heavy atom. The smallest absolute Gasteiger partial charge is 0.125 e. The molecule has 0 aliphatic carbocycles. The molecule has 0 saturated heterocycles. The van der Waals surface area contributed by atoms with E-state index in [2.05, 4.69) is 32.9 Å². The minimum Gasteiger partial charge on any atom is -0.507 e. The van der Waals surface area contributed by atoms with Crippen molar-refractivity contribution in [3.8, 4) is 17.2 Å². The van der Waals surface area contributed by atoms with Gasteiger partial charge in [0.2, 0.25) is 0 Å². The second kappa shape index (κ2) is 23.0. The zero-order chi connectivity index (χ0) is 38.3. The third-order valence-corrected chi connectivity index (χ3v) is 7.53. The maximum Gasteiger partial charge on any atom is 0.125 e. The van der Waals surface area contributed by atoms with Crippen LogP contribution in [-0.4, -0.2) is 15.3 Å². The fourth-order valence-corrected chi connectivity index (χ4v) is 5.18. The van der Waals surface area contributed by atoms with Crippen molar-refractivity contribution in [2.75, 3.05) is 0 Å². The van der Waals surface area contributed by atoms with Gasteiger partial charge in [0.25, 0.3) is 0 Å². The van der Waals surface area contributed by atoms with Crippen molar-refractivity contribution in [2.24, 2.45) is 0 Å². The van der Waals surface area contributed by atoms with Gasteiger partial charge in [-0.1, -0.05) is 63.3 Å². The lowest BCUT2D eigenvalue weighted by Gasteiger charge is -2.18. The number of hydrogen-bond acceptors (Lipinski definition) is 8. The van der Waals surface area contributed by atoms with Gasteiger partial charge in [-0.2, -0.15) is 0 Å². The normalized spacial score (nSPS) is 11.4. The van der Waals surface area contributed by atoms with Crippen molar-refractivity contribution < 1.29 is 39.0 Å². The van der Waals surface area contributed by atoms with Crippen LogP contribution in [0.2, 0.25) is 0 Å². The lowest BCUT2D eigenvalue weighted by Crippen LogP contribution is -2.03. The molecule has 53 heavy (non-hydrogen) atoms. The summed E-state index contributed by atoms with van der Waals surface area (Å²) in [4.78, 5) is 0. The van der Waals surface area contributed by atoms with Gasteiger partial charge in [0, 0.05) is 24.0 Å². The highest BCUT2D eigenvalue weighted by molar-refractivity contribution is 5.53. The van der Waals surface area contributed by atoms with E-state index in [9.17, 15) is 15.3 Å². The van der Waals surface area contributed by atoms with E-state index >= 15 is 0 Å². The van der Waals surface area contributed by atoms with Gasteiger partial charge < -0.3 is 39.0 Å². The molecule has 3 N–H and O–H groups in total. The van der Waals surface area contributed by atoms with E-state index in [1.165, 1.54) is 31.3 Å². The number of aromatic hydroxyl groups is 3. The Hall–Kier alpha value is -6.54. The number of phenols is 3. The van der Waals surface area contributed by atoms with Crippen LogP contribution in [0.15, 0.2) is 161 Å². The molecule has 0 bridgehead atoms. The molecule has 0 heterocycles. The Morgan fingerprint density at radius 3 is 0.849 bits per heavy atom. The molecule has 0 unspecified atom stereocenters. The summed E-state index contributed by atoms with van der Waals surface area (Å²) in [5.41, 5.74) is 5.61. The lowest BCUT2D eigenvalue weighted by atomic mass is 9.92. The van der Waals surface area contributed by atoms with E-state index in [1.54, 1.807) is 60.8 Å². The van der Waals surface area contributed by atoms with Crippen LogP contribution in [0.1, 0.15) is 50.1 Å². The molecule has 0 aromatic heterocycles. The summed E-state index contributed by atoms with van der Waals surface area (Å²) in [6.45, 7) is 19.1. The predicted molar refractivity (Wildman–Crippen MR) is 211 cm³/mol. The summed E-state index contributed by atoms with van der Waals surface area (Å²) in [7, 11) is 0. The first-order chi connectivity index (χ1) is 25.8. The van der Waals surface area contributed by atoms with Crippen LogP contribution >= 0.6 is 0 Å². The van der Waals surface area contributed by atoms with Crippen LogP contribution in [0, 0.1) is 0 Å². The topological polar surface area (TPSA) is 107 Å². The Bertz CT molecular complexity index is 1740. The Morgan fingerprint density at radius 2 is 0.585 bits per heavy atom. The molecule has 3 rings (SSSR count). The highest BCUT2D eigenvalue weighted by Crippen LogP contribution is 2.36. The molecule has 3 aromatic carbocycles.